The zero-order chi connectivity index (χ0) is 13.8. The molecule has 0 amide bonds. The summed E-state index contributed by atoms with van der Waals surface area (Å²) in [6.45, 7) is 5.66. The third-order valence-electron chi connectivity index (χ3n) is 4.00. The van der Waals surface area contributed by atoms with Crippen molar-refractivity contribution in [3.63, 3.8) is 0 Å². The Kier molecular flexibility index (Phi) is 4.53. The number of aromatic nitrogens is 1. The predicted octanol–water partition coefficient (Wildman–Crippen LogP) is 3.65. The molecule has 0 radical (unpaired) electrons. The first-order valence-electron chi connectivity index (χ1n) is 7.71. The molecule has 4 heteroatoms. The zero-order valence-electron chi connectivity index (χ0n) is 12.1. The van der Waals surface area contributed by atoms with Crippen molar-refractivity contribution in [2.24, 2.45) is 0 Å². The van der Waals surface area contributed by atoms with Crippen molar-refractivity contribution >= 4 is 27.4 Å². The third kappa shape index (κ3) is 2.96. The van der Waals surface area contributed by atoms with E-state index in [1.165, 1.54) is 42.6 Å². The van der Waals surface area contributed by atoms with Gasteiger partial charge in [-0.25, -0.2) is 0 Å². The lowest BCUT2D eigenvalue weighted by Crippen LogP contribution is -2.43. The monoisotopic (exact) mass is 289 g/mol. The Bertz CT molecular complexity index is 545. The molecular weight excluding hydrogens is 266 g/mol. The molecule has 1 aliphatic rings. The number of nitrogens with one attached hydrogen (secondary N) is 1. The van der Waals surface area contributed by atoms with Crippen LogP contribution in [0.4, 0.5) is 5.00 Å². The summed E-state index contributed by atoms with van der Waals surface area (Å²) in [5, 5.41) is 6.31. The number of anilines is 1. The summed E-state index contributed by atoms with van der Waals surface area (Å²) in [6, 6.07) is 9.13. The zero-order valence-corrected chi connectivity index (χ0v) is 13.0. The van der Waals surface area contributed by atoms with E-state index in [1.807, 2.05) is 0 Å². The van der Waals surface area contributed by atoms with E-state index in [1.54, 1.807) is 11.5 Å². The van der Waals surface area contributed by atoms with Crippen LogP contribution in [0.25, 0.3) is 10.9 Å². The highest BCUT2D eigenvalue weighted by Crippen LogP contribution is 2.31. The SMILES string of the molecule is CCCN(CC1CCCCN1)c1snc2ccccc12. The molecule has 2 aromatic rings. The van der Waals surface area contributed by atoms with E-state index in [0.29, 0.717) is 6.04 Å². The number of hydrogen-bond donors (Lipinski definition) is 1. The van der Waals surface area contributed by atoms with Crippen molar-refractivity contribution < 1.29 is 0 Å². The van der Waals surface area contributed by atoms with E-state index in [2.05, 4.69) is 45.8 Å². The molecule has 3 rings (SSSR count). The first-order valence-corrected chi connectivity index (χ1v) is 8.48. The highest BCUT2D eigenvalue weighted by Gasteiger charge is 2.19. The minimum Gasteiger partial charge on any atom is -0.360 e. The van der Waals surface area contributed by atoms with Crippen LogP contribution in [0.15, 0.2) is 24.3 Å². The Morgan fingerprint density at radius 2 is 2.25 bits per heavy atom. The number of hydrogen-bond acceptors (Lipinski definition) is 4. The van der Waals surface area contributed by atoms with Crippen molar-refractivity contribution in [2.75, 3.05) is 24.5 Å². The second kappa shape index (κ2) is 6.55. The van der Waals surface area contributed by atoms with Crippen LogP contribution in [0, 0.1) is 0 Å². The van der Waals surface area contributed by atoms with E-state index < -0.39 is 0 Å². The van der Waals surface area contributed by atoms with Crippen LogP contribution in [-0.2, 0) is 0 Å². The number of nitrogens with zero attached hydrogens (tertiary/aromatic N) is 2. The van der Waals surface area contributed by atoms with E-state index in [0.717, 1.165) is 18.6 Å². The summed E-state index contributed by atoms with van der Waals surface area (Å²) in [5.41, 5.74) is 1.13. The first kappa shape index (κ1) is 13.8. The van der Waals surface area contributed by atoms with Gasteiger partial charge in [-0.3, -0.25) is 0 Å². The molecule has 0 aliphatic carbocycles. The average molecular weight is 289 g/mol. The molecule has 1 saturated heterocycles. The van der Waals surface area contributed by atoms with Gasteiger partial charge in [-0.15, -0.1) is 0 Å². The summed E-state index contributed by atoms with van der Waals surface area (Å²) in [6.07, 6.45) is 5.17. The van der Waals surface area contributed by atoms with Crippen LogP contribution in [0.2, 0.25) is 0 Å². The maximum absolute atomic E-state index is 4.59. The maximum atomic E-state index is 4.59. The predicted molar refractivity (Wildman–Crippen MR) is 87.8 cm³/mol. The molecule has 0 bridgehead atoms. The van der Waals surface area contributed by atoms with E-state index >= 15 is 0 Å². The van der Waals surface area contributed by atoms with Gasteiger partial charge >= 0.3 is 0 Å². The largest absolute Gasteiger partial charge is 0.360 e. The van der Waals surface area contributed by atoms with E-state index in [9.17, 15) is 0 Å². The molecule has 1 unspecified atom stereocenters. The number of rotatable bonds is 5. The van der Waals surface area contributed by atoms with Crippen molar-refractivity contribution in [2.45, 2.75) is 38.6 Å². The van der Waals surface area contributed by atoms with Gasteiger partial charge in [-0.1, -0.05) is 25.5 Å². The van der Waals surface area contributed by atoms with Crippen LogP contribution in [-0.4, -0.2) is 30.0 Å². The average Bonchev–Trinajstić information content (AvgIpc) is 2.92. The Labute approximate surface area is 125 Å². The fourth-order valence-corrected chi connectivity index (χ4v) is 3.89. The van der Waals surface area contributed by atoms with Gasteiger partial charge < -0.3 is 10.2 Å². The first-order chi connectivity index (χ1) is 9.88. The smallest absolute Gasteiger partial charge is 0.120 e. The lowest BCUT2D eigenvalue weighted by molar-refractivity contribution is 0.399. The topological polar surface area (TPSA) is 28.2 Å². The molecule has 20 heavy (non-hydrogen) atoms. The van der Waals surface area contributed by atoms with Gasteiger partial charge in [0.1, 0.15) is 5.00 Å². The lowest BCUT2D eigenvalue weighted by Gasteiger charge is -2.31. The molecule has 0 saturated carbocycles. The molecule has 1 aromatic heterocycles. The Hall–Kier alpha value is -1.13. The molecule has 1 N–H and O–H groups in total. The molecule has 1 aliphatic heterocycles. The summed E-state index contributed by atoms with van der Waals surface area (Å²) >= 11 is 1.65. The van der Waals surface area contributed by atoms with Gasteiger partial charge in [-0.2, -0.15) is 4.37 Å². The number of benzene rings is 1. The van der Waals surface area contributed by atoms with Gasteiger partial charge in [0.05, 0.1) is 5.52 Å². The molecule has 0 spiro atoms. The van der Waals surface area contributed by atoms with Crippen LogP contribution in [0.5, 0.6) is 0 Å². The Balaban J connectivity index is 1.81. The van der Waals surface area contributed by atoms with Crippen LogP contribution in [0.1, 0.15) is 32.6 Å². The maximum Gasteiger partial charge on any atom is 0.120 e. The van der Waals surface area contributed by atoms with E-state index in [4.69, 9.17) is 0 Å². The number of fused-ring (bicyclic) bond motifs is 1. The van der Waals surface area contributed by atoms with Crippen molar-refractivity contribution in [1.29, 1.82) is 0 Å². The molecule has 1 atom stereocenters. The van der Waals surface area contributed by atoms with E-state index in [-0.39, 0.29) is 0 Å². The highest BCUT2D eigenvalue weighted by molar-refractivity contribution is 7.11. The molecule has 3 nitrogen and oxygen atoms in total. The fourth-order valence-electron chi connectivity index (χ4n) is 3.00. The molecular formula is C16H23N3S. The van der Waals surface area contributed by atoms with Crippen LogP contribution < -0.4 is 10.2 Å². The highest BCUT2D eigenvalue weighted by atomic mass is 32.1. The summed E-state index contributed by atoms with van der Waals surface area (Å²) in [4.78, 5) is 2.53. The minimum atomic E-state index is 0.635. The second-order valence-electron chi connectivity index (χ2n) is 5.60. The second-order valence-corrected chi connectivity index (χ2v) is 6.35. The summed E-state index contributed by atoms with van der Waals surface area (Å²) in [7, 11) is 0. The standard InChI is InChI=1S/C16H23N3S/c1-2-11-19(12-13-7-5-6-10-17-13)16-14-8-3-4-9-15(14)18-20-16/h3-4,8-9,13,17H,2,5-7,10-12H2,1H3. The van der Waals surface area contributed by atoms with Gasteiger partial charge in [-0.05, 0) is 49.5 Å². The van der Waals surface area contributed by atoms with Crippen molar-refractivity contribution in [3.8, 4) is 0 Å². The minimum absolute atomic E-state index is 0.635. The summed E-state index contributed by atoms with van der Waals surface area (Å²) in [5.74, 6) is 0. The van der Waals surface area contributed by atoms with Crippen molar-refractivity contribution in [3.05, 3.63) is 24.3 Å². The van der Waals surface area contributed by atoms with Crippen LogP contribution in [0.3, 0.4) is 0 Å². The van der Waals surface area contributed by atoms with Gasteiger partial charge in [0.2, 0.25) is 0 Å². The third-order valence-corrected chi connectivity index (χ3v) is 4.94. The quantitative estimate of drug-likeness (QED) is 0.910. The molecule has 1 fully saturated rings. The normalized spacial score (nSPS) is 19.4. The molecule has 2 heterocycles. The van der Waals surface area contributed by atoms with Gasteiger partial charge in [0.25, 0.3) is 0 Å². The molecule has 108 valence electrons. The van der Waals surface area contributed by atoms with Crippen LogP contribution >= 0.6 is 11.5 Å². The lowest BCUT2D eigenvalue weighted by atomic mass is 10.0. The van der Waals surface area contributed by atoms with Gasteiger partial charge in [0, 0.05) is 24.5 Å². The van der Waals surface area contributed by atoms with Gasteiger partial charge in [0.15, 0.2) is 0 Å². The fraction of sp³-hybridized carbons (Fsp3) is 0.562. The Morgan fingerprint density at radius 3 is 3.05 bits per heavy atom. The number of piperidine rings is 1. The Morgan fingerprint density at radius 1 is 1.35 bits per heavy atom. The molecule has 1 aromatic carbocycles. The summed E-state index contributed by atoms with van der Waals surface area (Å²) < 4.78 is 4.59. The van der Waals surface area contributed by atoms with Crippen molar-refractivity contribution in [1.82, 2.24) is 9.69 Å².